The highest BCUT2D eigenvalue weighted by Crippen LogP contribution is 2.26. The van der Waals surface area contributed by atoms with E-state index >= 15 is 0 Å². The van der Waals surface area contributed by atoms with E-state index in [4.69, 9.17) is 4.74 Å². The maximum Gasteiger partial charge on any atom is 0.330 e. The van der Waals surface area contributed by atoms with Crippen LogP contribution < -0.4 is 11.2 Å². The van der Waals surface area contributed by atoms with Crippen molar-refractivity contribution in [1.29, 1.82) is 0 Å². The lowest BCUT2D eigenvalue weighted by atomic mass is 10.2. The lowest BCUT2D eigenvalue weighted by Crippen LogP contribution is -2.33. The first-order valence-corrected chi connectivity index (χ1v) is 4.74. The number of nitrogens with one attached hydrogen (secondary N) is 1. The van der Waals surface area contributed by atoms with Crippen LogP contribution in [-0.4, -0.2) is 15.7 Å². The molecule has 0 aliphatic carbocycles. The number of halogens is 1. The molecule has 0 amide bonds. The van der Waals surface area contributed by atoms with E-state index < -0.39 is 23.3 Å². The monoisotopic (exact) mass is 214 g/mol. The Bertz CT molecular complexity index is 479. The summed E-state index contributed by atoms with van der Waals surface area (Å²) in [5, 5.41) is 0. The van der Waals surface area contributed by atoms with Gasteiger partial charge in [-0.25, -0.2) is 4.79 Å². The van der Waals surface area contributed by atoms with Gasteiger partial charge in [0, 0.05) is 0 Å². The number of rotatable bonds is 1. The average molecular weight is 214 g/mol. The highest BCUT2D eigenvalue weighted by atomic mass is 19.1. The third-order valence-corrected chi connectivity index (χ3v) is 2.44. The summed E-state index contributed by atoms with van der Waals surface area (Å²) in [5.41, 5.74) is -1.64. The molecular weight excluding hydrogens is 203 g/mol. The van der Waals surface area contributed by atoms with Crippen LogP contribution in [0.25, 0.3) is 0 Å². The largest absolute Gasteiger partial charge is 0.355 e. The van der Waals surface area contributed by atoms with Crippen LogP contribution in [0.15, 0.2) is 15.8 Å². The summed E-state index contributed by atoms with van der Waals surface area (Å²) in [7, 11) is 0. The Kier molecular flexibility index (Phi) is 2.44. The molecule has 6 heteroatoms. The number of hydrogen-bond acceptors (Lipinski definition) is 3. The first kappa shape index (κ1) is 10.1. The molecule has 0 aromatic carbocycles. The van der Waals surface area contributed by atoms with Crippen molar-refractivity contribution in [2.45, 2.75) is 32.1 Å². The molecule has 1 aromatic rings. The molecule has 1 aromatic heterocycles. The van der Waals surface area contributed by atoms with Crippen molar-refractivity contribution in [1.82, 2.24) is 9.55 Å². The number of hydrogen-bond donors (Lipinski definition) is 1. The van der Waals surface area contributed by atoms with Crippen LogP contribution in [0, 0.1) is 5.82 Å². The summed E-state index contributed by atoms with van der Waals surface area (Å²) in [6.45, 7) is 1.88. The Hall–Kier alpha value is -1.43. The Morgan fingerprint density at radius 2 is 2.27 bits per heavy atom. The SMILES string of the molecule is C[C@@H]1CC[C@H](n2cc(F)c(=O)[nH]c2=O)O1. The van der Waals surface area contributed by atoms with Crippen LogP contribution in [0.2, 0.25) is 0 Å². The molecule has 2 rings (SSSR count). The van der Waals surface area contributed by atoms with Gasteiger partial charge in [0.05, 0.1) is 12.3 Å². The van der Waals surface area contributed by atoms with Gasteiger partial charge in [0.1, 0.15) is 6.23 Å². The Labute approximate surface area is 84.5 Å². The smallest absolute Gasteiger partial charge is 0.330 e. The molecule has 0 spiro atoms. The van der Waals surface area contributed by atoms with Crippen LogP contribution in [-0.2, 0) is 4.74 Å². The van der Waals surface area contributed by atoms with E-state index in [-0.39, 0.29) is 6.10 Å². The van der Waals surface area contributed by atoms with E-state index in [0.717, 1.165) is 17.2 Å². The fraction of sp³-hybridized carbons (Fsp3) is 0.556. The van der Waals surface area contributed by atoms with Crippen molar-refractivity contribution in [2.75, 3.05) is 0 Å². The van der Waals surface area contributed by atoms with E-state index in [1.165, 1.54) is 0 Å². The summed E-state index contributed by atoms with van der Waals surface area (Å²) in [6, 6.07) is 0. The van der Waals surface area contributed by atoms with E-state index in [1.54, 1.807) is 0 Å². The van der Waals surface area contributed by atoms with E-state index in [1.807, 2.05) is 11.9 Å². The minimum absolute atomic E-state index is 0.0527. The van der Waals surface area contributed by atoms with Crippen molar-refractivity contribution < 1.29 is 9.13 Å². The van der Waals surface area contributed by atoms with Crippen molar-refractivity contribution in [3.8, 4) is 0 Å². The molecule has 0 saturated carbocycles. The molecule has 1 aliphatic heterocycles. The summed E-state index contributed by atoms with van der Waals surface area (Å²) in [5.74, 6) is -0.974. The van der Waals surface area contributed by atoms with Crippen LogP contribution in [0.1, 0.15) is 26.0 Å². The molecule has 2 atom stereocenters. The maximum atomic E-state index is 13.0. The maximum absolute atomic E-state index is 13.0. The first-order chi connectivity index (χ1) is 7.08. The van der Waals surface area contributed by atoms with Gasteiger partial charge in [-0.05, 0) is 19.8 Å². The number of aromatic amines is 1. The molecule has 0 bridgehead atoms. The summed E-state index contributed by atoms with van der Waals surface area (Å²) in [6.07, 6.45) is 1.93. The minimum Gasteiger partial charge on any atom is -0.355 e. The van der Waals surface area contributed by atoms with Gasteiger partial charge in [-0.2, -0.15) is 4.39 Å². The highest BCUT2D eigenvalue weighted by molar-refractivity contribution is 4.89. The van der Waals surface area contributed by atoms with E-state index in [2.05, 4.69) is 0 Å². The third kappa shape index (κ3) is 1.85. The number of aromatic nitrogens is 2. The summed E-state index contributed by atoms with van der Waals surface area (Å²) < 4.78 is 19.4. The van der Waals surface area contributed by atoms with Crippen molar-refractivity contribution in [3.05, 3.63) is 32.9 Å². The number of H-pyrrole nitrogens is 1. The third-order valence-electron chi connectivity index (χ3n) is 2.44. The van der Waals surface area contributed by atoms with Gasteiger partial charge < -0.3 is 4.74 Å². The highest BCUT2D eigenvalue weighted by Gasteiger charge is 2.24. The quantitative estimate of drug-likeness (QED) is 0.734. The van der Waals surface area contributed by atoms with Gasteiger partial charge in [0.2, 0.25) is 5.82 Å². The molecule has 1 saturated heterocycles. The van der Waals surface area contributed by atoms with Crippen LogP contribution in [0.5, 0.6) is 0 Å². The molecule has 1 fully saturated rings. The molecule has 1 N–H and O–H groups in total. The normalized spacial score (nSPS) is 25.7. The lowest BCUT2D eigenvalue weighted by Gasteiger charge is -2.13. The fourth-order valence-corrected chi connectivity index (χ4v) is 1.66. The molecule has 82 valence electrons. The van der Waals surface area contributed by atoms with Crippen molar-refractivity contribution in [3.63, 3.8) is 0 Å². The second-order valence-electron chi connectivity index (χ2n) is 3.62. The Balaban J connectivity index is 2.41. The Morgan fingerprint density at radius 3 is 2.87 bits per heavy atom. The van der Waals surface area contributed by atoms with Gasteiger partial charge >= 0.3 is 5.69 Å². The molecule has 0 unspecified atom stereocenters. The lowest BCUT2D eigenvalue weighted by molar-refractivity contribution is 0.00727. The zero-order valence-electron chi connectivity index (χ0n) is 8.20. The molecule has 5 nitrogen and oxygen atoms in total. The Morgan fingerprint density at radius 1 is 1.53 bits per heavy atom. The van der Waals surface area contributed by atoms with Gasteiger partial charge in [0.25, 0.3) is 5.56 Å². The van der Waals surface area contributed by atoms with Gasteiger partial charge in [0.15, 0.2) is 0 Å². The predicted molar refractivity (Wildman–Crippen MR) is 50.1 cm³/mol. The molecule has 1 aliphatic rings. The minimum atomic E-state index is -0.998. The predicted octanol–water partition coefficient (Wildman–Crippen LogP) is 0.373. The first-order valence-electron chi connectivity index (χ1n) is 4.74. The number of nitrogens with zero attached hydrogens (tertiary/aromatic N) is 1. The van der Waals surface area contributed by atoms with Crippen molar-refractivity contribution >= 4 is 0 Å². The molecular formula is C9H11FN2O3. The molecule has 2 heterocycles. The van der Waals surface area contributed by atoms with E-state index in [0.29, 0.717) is 6.42 Å². The van der Waals surface area contributed by atoms with E-state index in [9.17, 15) is 14.0 Å². The van der Waals surface area contributed by atoms with Gasteiger partial charge in [-0.15, -0.1) is 0 Å². The summed E-state index contributed by atoms with van der Waals surface area (Å²) >= 11 is 0. The second kappa shape index (κ2) is 3.62. The van der Waals surface area contributed by atoms with Gasteiger partial charge in [-0.1, -0.05) is 0 Å². The standard InChI is InChI=1S/C9H11FN2O3/c1-5-2-3-7(15-5)12-4-6(10)8(13)11-9(12)14/h4-5,7H,2-3H2,1H3,(H,11,13,14)/t5-,7-/m1/s1. The van der Waals surface area contributed by atoms with Crippen LogP contribution >= 0.6 is 0 Å². The van der Waals surface area contributed by atoms with Crippen LogP contribution in [0.3, 0.4) is 0 Å². The van der Waals surface area contributed by atoms with Gasteiger partial charge in [-0.3, -0.25) is 14.3 Å². The summed E-state index contributed by atoms with van der Waals surface area (Å²) in [4.78, 5) is 24.0. The zero-order chi connectivity index (χ0) is 11.0. The number of ether oxygens (including phenoxy) is 1. The van der Waals surface area contributed by atoms with Crippen LogP contribution in [0.4, 0.5) is 4.39 Å². The zero-order valence-corrected chi connectivity index (χ0v) is 8.20. The molecule has 0 radical (unpaired) electrons. The fourth-order valence-electron chi connectivity index (χ4n) is 1.66. The topological polar surface area (TPSA) is 64.1 Å². The molecule has 15 heavy (non-hydrogen) atoms. The second-order valence-corrected chi connectivity index (χ2v) is 3.62. The average Bonchev–Trinajstić information content (AvgIpc) is 2.58. The van der Waals surface area contributed by atoms with Crippen molar-refractivity contribution in [2.24, 2.45) is 0 Å².